The molecule has 1 nitrogen and oxygen atoms in total. The van der Waals surface area contributed by atoms with Crippen LogP contribution in [-0.4, -0.2) is 0 Å². The van der Waals surface area contributed by atoms with E-state index >= 15 is 0 Å². The van der Waals surface area contributed by atoms with Crippen molar-refractivity contribution in [2.24, 2.45) is 0 Å². The second-order valence-corrected chi connectivity index (χ2v) is 9.40. The maximum absolute atomic E-state index is 2.40. The van der Waals surface area contributed by atoms with Crippen molar-refractivity contribution >= 4 is 23.1 Å². The molecule has 0 aliphatic heterocycles. The van der Waals surface area contributed by atoms with Crippen LogP contribution in [0.1, 0.15) is 56.4 Å². The Morgan fingerprint density at radius 1 is 0.647 bits per heavy atom. The lowest BCUT2D eigenvalue weighted by molar-refractivity contribution is 0.660. The molecule has 1 heteroatoms. The number of hydrogen-bond donors (Lipinski definition) is 0. The molecule has 0 aromatic heterocycles. The van der Waals surface area contributed by atoms with Gasteiger partial charge in [-0.05, 0) is 82.6 Å². The molecule has 0 saturated carbocycles. The zero-order valence-corrected chi connectivity index (χ0v) is 20.7. The minimum Gasteiger partial charge on any atom is -0.310 e. The Morgan fingerprint density at radius 2 is 1.32 bits per heavy atom. The minimum atomic E-state index is -0.0110. The fourth-order valence-corrected chi connectivity index (χ4v) is 5.41. The van der Waals surface area contributed by atoms with Gasteiger partial charge in [-0.25, -0.2) is 0 Å². The number of rotatable bonds is 3. The van der Waals surface area contributed by atoms with E-state index in [1.54, 1.807) is 0 Å². The van der Waals surface area contributed by atoms with Crippen LogP contribution in [0.5, 0.6) is 0 Å². The average molecular weight is 444 g/mol. The van der Waals surface area contributed by atoms with Crippen LogP contribution in [0.2, 0.25) is 0 Å². The Bertz CT molecular complexity index is 1340. The van der Waals surface area contributed by atoms with Crippen molar-refractivity contribution in [1.29, 1.82) is 0 Å². The minimum absolute atomic E-state index is 0.0110. The monoisotopic (exact) mass is 443 g/mol. The number of hydrogen-bond acceptors (Lipinski definition) is 1. The van der Waals surface area contributed by atoms with E-state index in [4.69, 9.17) is 0 Å². The lowest BCUT2D eigenvalue weighted by atomic mass is 9.82. The standard InChI is InChI=1S/C31H27N.C2H6/c1-31(2)29-15-9-8-14-27(29)28-19-18-26(21-30(28)31)32(24-12-4-3-5-13-24)25-17-16-22-10-6-7-11-23(22)20-25;1-2/h3-5,7-9,11-21H,6,10H2,1-2H3;1-2H3. The summed E-state index contributed by atoms with van der Waals surface area (Å²) in [6.07, 6.45) is 6.82. The Hall–Kier alpha value is -3.58. The van der Waals surface area contributed by atoms with Crippen LogP contribution in [0.15, 0.2) is 97.1 Å². The van der Waals surface area contributed by atoms with Crippen molar-refractivity contribution in [3.05, 3.63) is 119 Å². The van der Waals surface area contributed by atoms with Gasteiger partial charge in [-0.15, -0.1) is 0 Å². The quantitative estimate of drug-likeness (QED) is 0.305. The van der Waals surface area contributed by atoms with Crippen molar-refractivity contribution in [2.75, 3.05) is 4.90 Å². The first-order chi connectivity index (χ1) is 16.6. The Morgan fingerprint density at radius 3 is 2.15 bits per heavy atom. The molecule has 0 radical (unpaired) electrons. The summed E-state index contributed by atoms with van der Waals surface area (Å²) >= 11 is 0. The number of anilines is 3. The van der Waals surface area contributed by atoms with Gasteiger partial charge in [-0.1, -0.05) is 94.4 Å². The molecule has 34 heavy (non-hydrogen) atoms. The summed E-state index contributed by atoms with van der Waals surface area (Å²) in [4.78, 5) is 2.39. The fraction of sp³-hybridized carbons (Fsp3) is 0.212. The van der Waals surface area contributed by atoms with E-state index in [1.165, 1.54) is 50.4 Å². The van der Waals surface area contributed by atoms with Crippen molar-refractivity contribution in [3.63, 3.8) is 0 Å². The SMILES string of the molecule is CC.CC1(C)c2ccccc2-c2ccc(N(c3ccccc3)c3ccc4c(c3)C=CCC4)cc21. The molecule has 4 aromatic carbocycles. The summed E-state index contributed by atoms with van der Waals surface area (Å²) in [5, 5.41) is 0. The first-order valence-corrected chi connectivity index (χ1v) is 12.5. The van der Waals surface area contributed by atoms with Gasteiger partial charge >= 0.3 is 0 Å². The highest BCUT2D eigenvalue weighted by Gasteiger charge is 2.35. The van der Waals surface area contributed by atoms with Crippen molar-refractivity contribution in [1.82, 2.24) is 0 Å². The van der Waals surface area contributed by atoms with Gasteiger partial charge in [0.1, 0.15) is 0 Å². The van der Waals surface area contributed by atoms with E-state index in [1.807, 2.05) is 13.8 Å². The molecule has 170 valence electrons. The van der Waals surface area contributed by atoms with E-state index < -0.39 is 0 Å². The second kappa shape index (κ2) is 8.99. The largest absolute Gasteiger partial charge is 0.310 e. The molecular formula is C33H33N. The van der Waals surface area contributed by atoms with Crippen LogP contribution in [0.4, 0.5) is 17.1 Å². The molecule has 6 rings (SSSR count). The Kier molecular flexibility index (Phi) is 5.87. The van der Waals surface area contributed by atoms with Crippen LogP contribution >= 0.6 is 0 Å². The predicted octanol–water partition coefficient (Wildman–Crippen LogP) is 9.45. The second-order valence-electron chi connectivity index (χ2n) is 9.40. The summed E-state index contributed by atoms with van der Waals surface area (Å²) in [7, 11) is 0. The third-order valence-corrected chi connectivity index (χ3v) is 7.11. The first-order valence-electron chi connectivity index (χ1n) is 12.5. The maximum atomic E-state index is 2.40. The van der Waals surface area contributed by atoms with Crippen LogP contribution < -0.4 is 4.90 Å². The van der Waals surface area contributed by atoms with Gasteiger partial charge in [0.05, 0.1) is 0 Å². The van der Waals surface area contributed by atoms with Crippen LogP contribution in [0, 0.1) is 0 Å². The van der Waals surface area contributed by atoms with E-state index in [-0.39, 0.29) is 5.41 Å². The molecule has 2 aliphatic rings. The van der Waals surface area contributed by atoms with Crippen molar-refractivity contribution < 1.29 is 0 Å². The average Bonchev–Trinajstić information content (AvgIpc) is 3.13. The Labute approximate surface area is 204 Å². The maximum Gasteiger partial charge on any atom is 0.0467 e. The molecule has 0 atom stereocenters. The summed E-state index contributed by atoms with van der Waals surface area (Å²) in [5.41, 5.74) is 11.9. The third-order valence-electron chi connectivity index (χ3n) is 7.11. The molecule has 0 heterocycles. The lowest BCUT2D eigenvalue weighted by Crippen LogP contribution is -2.16. The molecule has 0 N–H and O–H groups in total. The van der Waals surface area contributed by atoms with Gasteiger partial charge in [-0.3, -0.25) is 0 Å². The topological polar surface area (TPSA) is 3.24 Å². The van der Waals surface area contributed by atoms with Crippen molar-refractivity contribution in [3.8, 4) is 11.1 Å². The highest BCUT2D eigenvalue weighted by atomic mass is 15.1. The predicted molar refractivity (Wildman–Crippen MR) is 147 cm³/mol. The third kappa shape index (κ3) is 3.66. The van der Waals surface area contributed by atoms with Gasteiger partial charge in [-0.2, -0.15) is 0 Å². The molecular weight excluding hydrogens is 410 g/mol. The summed E-state index contributed by atoms with van der Waals surface area (Å²) in [6, 6.07) is 33.5. The van der Waals surface area contributed by atoms with Crippen molar-refractivity contribution in [2.45, 2.75) is 46.0 Å². The van der Waals surface area contributed by atoms with E-state index in [0.717, 1.165) is 12.8 Å². The molecule has 0 amide bonds. The molecule has 0 spiro atoms. The number of fused-ring (bicyclic) bond motifs is 4. The zero-order chi connectivity index (χ0) is 23.7. The highest BCUT2D eigenvalue weighted by Crippen LogP contribution is 2.50. The number of benzene rings is 4. The number of nitrogens with zero attached hydrogens (tertiary/aromatic N) is 1. The summed E-state index contributed by atoms with van der Waals surface area (Å²) in [6.45, 7) is 8.69. The molecule has 0 unspecified atom stereocenters. The molecule has 0 fully saturated rings. The van der Waals surface area contributed by atoms with E-state index in [0.29, 0.717) is 0 Å². The fourth-order valence-electron chi connectivity index (χ4n) is 5.41. The molecule has 0 saturated heterocycles. The Balaban J connectivity index is 0.00000117. The lowest BCUT2D eigenvalue weighted by Gasteiger charge is -2.29. The van der Waals surface area contributed by atoms with Gasteiger partial charge in [0, 0.05) is 22.5 Å². The van der Waals surface area contributed by atoms with E-state index in [9.17, 15) is 0 Å². The number of allylic oxidation sites excluding steroid dienone is 1. The first kappa shape index (κ1) is 22.2. The van der Waals surface area contributed by atoms with Gasteiger partial charge < -0.3 is 4.90 Å². The van der Waals surface area contributed by atoms with Crippen LogP contribution in [0.3, 0.4) is 0 Å². The molecule has 4 aromatic rings. The van der Waals surface area contributed by atoms with E-state index in [2.05, 4.69) is 122 Å². The highest BCUT2D eigenvalue weighted by molar-refractivity contribution is 5.86. The number of para-hydroxylation sites is 1. The van der Waals surface area contributed by atoms with Gasteiger partial charge in [0.2, 0.25) is 0 Å². The number of aryl methyl sites for hydroxylation is 1. The van der Waals surface area contributed by atoms with Crippen LogP contribution in [0.25, 0.3) is 17.2 Å². The smallest absolute Gasteiger partial charge is 0.0467 e. The normalized spacial score (nSPS) is 14.4. The van der Waals surface area contributed by atoms with Gasteiger partial charge in [0.15, 0.2) is 0 Å². The summed E-state index contributed by atoms with van der Waals surface area (Å²) < 4.78 is 0. The van der Waals surface area contributed by atoms with Crippen LogP contribution in [-0.2, 0) is 11.8 Å². The molecule has 2 aliphatic carbocycles. The summed E-state index contributed by atoms with van der Waals surface area (Å²) in [5.74, 6) is 0. The molecule has 0 bridgehead atoms. The van der Waals surface area contributed by atoms with Gasteiger partial charge in [0.25, 0.3) is 0 Å². The zero-order valence-electron chi connectivity index (χ0n) is 20.7.